The highest BCUT2D eigenvalue weighted by Crippen LogP contribution is 2.45. The zero-order valence-corrected chi connectivity index (χ0v) is 73.7. The monoisotopic (exact) mass is 1590 g/mol. The molecule has 7 atom stereocenters. The molecule has 0 amide bonds. The third-order valence-corrected chi connectivity index (χ3v) is 23.8. The van der Waals surface area contributed by atoms with Gasteiger partial charge >= 0.3 is 39.5 Å². The van der Waals surface area contributed by atoms with Gasteiger partial charge in [0, 0.05) is 25.7 Å². The molecule has 0 aromatic carbocycles. The molecule has 648 valence electrons. The minimum atomic E-state index is -4.97. The third kappa shape index (κ3) is 81.0. The van der Waals surface area contributed by atoms with Crippen molar-refractivity contribution in [2.75, 3.05) is 39.6 Å². The van der Waals surface area contributed by atoms with Crippen molar-refractivity contribution in [3.8, 4) is 0 Å². The number of esters is 4. The molecular weight excluding hydrogens is 1410 g/mol. The van der Waals surface area contributed by atoms with Crippen molar-refractivity contribution in [3.05, 3.63) is 0 Å². The number of phosphoric ester groups is 2. The minimum Gasteiger partial charge on any atom is -0.462 e. The molecule has 19 heteroatoms. The highest BCUT2D eigenvalue weighted by molar-refractivity contribution is 7.47. The molecule has 0 bridgehead atoms. The fraction of sp³-hybridized carbons (Fsp3) is 0.956. The molecule has 0 saturated heterocycles. The van der Waals surface area contributed by atoms with Crippen molar-refractivity contribution in [1.82, 2.24) is 0 Å². The van der Waals surface area contributed by atoms with E-state index in [1.807, 2.05) is 0 Å². The van der Waals surface area contributed by atoms with E-state index >= 15 is 0 Å². The number of carbonyl (C=O) groups is 4. The van der Waals surface area contributed by atoms with Crippen LogP contribution in [0.15, 0.2) is 0 Å². The van der Waals surface area contributed by atoms with Gasteiger partial charge in [0.25, 0.3) is 0 Å². The molecule has 0 radical (unpaired) electrons. The van der Waals surface area contributed by atoms with Crippen LogP contribution in [-0.4, -0.2) is 96.7 Å². The number of carbonyl (C=O) groups excluding carboxylic acids is 4. The summed E-state index contributed by atoms with van der Waals surface area (Å²) in [4.78, 5) is 73.4. The second kappa shape index (κ2) is 81.2. The highest BCUT2D eigenvalue weighted by atomic mass is 31.2. The van der Waals surface area contributed by atoms with Crippen LogP contribution in [0, 0.1) is 11.8 Å². The molecule has 4 unspecified atom stereocenters. The Bertz CT molecular complexity index is 2080. The van der Waals surface area contributed by atoms with Gasteiger partial charge in [0.2, 0.25) is 0 Å². The van der Waals surface area contributed by atoms with Crippen LogP contribution < -0.4 is 0 Å². The fourth-order valence-corrected chi connectivity index (χ4v) is 15.6. The van der Waals surface area contributed by atoms with Crippen LogP contribution in [0.3, 0.4) is 0 Å². The van der Waals surface area contributed by atoms with Crippen LogP contribution >= 0.6 is 15.6 Å². The number of aliphatic hydroxyl groups excluding tert-OH is 1. The van der Waals surface area contributed by atoms with Gasteiger partial charge in [-0.2, -0.15) is 0 Å². The van der Waals surface area contributed by atoms with Crippen molar-refractivity contribution in [2.24, 2.45) is 11.8 Å². The molecule has 3 N–H and O–H groups in total. The first-order valence-corrected chi connectivity index (χ1v) is 49.6. The molecule has 0 rings (SSSR count). The molecule has 0 spiro atoms. The molecule has 0 aliphatic heterocycles. The maximum atomic E-state index is 13.2. The summed E-state index contributed by atoms with van der Waals surface area (Å²) in [6.45, 7) is 9.76. The first-order chi connectivity index (χ1) is 52.9. The van der Waals surface area contributed by atoms with Crippen LogP contribution in [0.5, 0.6) is 0 Å². The number of unbranched alkanes of at least 4 members (excludes halogenated alkanes) is 57. The lowest BCUT2D eigenvalue weighted by Crippen LogP contribution is -2.30. The van der Waals surface area contributed by atoms with Gasteiger partial charge in [-0.1, -0.05) is 433 Å². The summed E-state index contributed by atoms with van der Waals surface area (Å²) in [7, 11) is -9.93. The molecule has 0 fully saturated rings. The molecule has 0 aromatic heterocycles. The van der Waals surface area contributed by atoms with Crippen LogP contribution in [0.2, 0.25) is 0 Å². The van der Waals surface area contributed by atoms with Crippen LogP contribution in [0.4, 0.5) is 0 Å². The lowest BCUT2D eigenvalue weighted by atomic mass is 9.99. The summed E-state index contributed by atoms with van der Waals surface area (Å²) in [5.41, 5.74) is 0. The zero-order valence-electron chi connectivity index (χ0n) is 71.9. The number of phosphoric acid groups is 2. The molecule has 0 aliphatic carbocycles. The minimum absolute atomic E-state index is 0.108. The Morgan fingerprint density at radius 2 is 0.440 bits per heavy atom. The molecule has 0 aliphatic rings. The smallest absolute Gasteiger partial charge is 0.462 e. The van der Waals surface area contributed by atoms with Crippen LogP contribution in [0.25, 0.3) is 0 Å². The van der Waals surface area contributed by atoms with Crippen molar-refractivity contribution in [2.45, 2.75) is 503 Å². The van der Waals surface area contributed by atoms with Gasteiger partial charge in [0.1, 0.15) is 19.3 Å². The van der Waals surface area contributed by atoms with Crippen molar-refractivity contribution < 1.29 is 80.2 Å². The van der Waals surface area contributed by atoms with E-state index < -0.39 is 97.5 Å². The Kier molecular flexibility index (Phi) is 79.8. The topological polar surface area (TPSA) is 237 Å². The van der Waals surface area contributed by atoms with E-state index in [9.17, 15) is 43.2 Å². The number of hydrogen-bond acceptors (Lipinski definition) is 15. The van der Waals surface area contributed by atoms with E-state index in [0.29, 0.717) is 25.7 Å². The van der Waals surface area contributed by atoms with Crippen molar-refractivity contribution in [1.29, 1.82) is 0 Å². The van der Waals surface area contributed by atoms with E-state index in [1.165, 1.54) is 302 Å². The summed E-state index contributed by atoms with van der Waals surface area (Å²) >= 11 is 0. The van der Waals surface area contributed by atoms with Gasteiger partial charge in [-0.25, -0.2) is 9.13 Å². The summed E-state index contributed by atoms with van der Waals surface area (Å²) in [5.74, 6) is -0.449. The molecule has 0 heterocycles. The Morgan fingerprint density at radius 1 is 0.257 bits per heavy atom. The number of ether oxygens (including phenoxy) is 4. The molecule has 17 nitrogen and oxygen atoms in total. The third-order valence-electron chi connectivity index (χ3n) is 21.9. The quantitative estimate of drug-likeness (QED) is 0.0222. The van der Waals surface area contributed by atoms with Gasteiger partial charge in [-0.05, 0) is 37.5 Å². The molecule has 109 heavy (non-hydrogen) atoms. The van der Waals surface area contributed by atoms with E-state index in [2.05, 4.69) is 41.5 Å². The SMILES string of the molecule is CCCCCCCCCCCCCCCCCCCCCCCC(=O)OC[C@H](COP(=O)(O)OC[C@@H](O)COP(=O)(O)OC[C@@H](COC(=O)CCCCCCCCCCC(C)CC)OC(=O)CCCCCCCCCCCCCCCC)OC(=O)CCCCCCCCCCCCCCCCCCCCC(C)CC. The molecule has 0 saturated carbocycles. The number of hydrogen-bond donors (Lipinski definition) is 3. The van der Waals surface area contributed by atoms with E-state index in [0.717, 1.165) is 102 Å². The number of aliphatic hydroxyl groups is 1. The molecule has 0 aromatic rings. The lowest BCUT2D eigenvalue weighted by Gasteiger charge is -2.21. The highest BCUT2D eigenvalue weighted by Gasteiger charge is 2.31. The van der Waals surface area contributed by atoms with Crippen LogP contribution in [-0.2, 0) is 65.4 Å². The predicted molar refractivity (Wildman–Crippen MR) is 451 cm³/mol. The van der Waals surface area contributed by atoms with E-state index in [1.54, 1.807) is 0 Å². The van der Waals surface area contributed by atoms with Gasteiger partial charge in [-0.3, -0.25) is 37.3 Å². The standard InChI is InChI=1S/C90H176O17P2/c1-7-11-13-15-17-19-21-23-25-26-27-28-29-33-36-40-43-47-54-60-66-72-87(92)100-78-85(106-90(95)75-69-63-57-49-45-41-37-34-31-30-32-35-38-42-46-52-58-64-70-82(5)9-3)80-104-108(96,97)102-76-84(91)77-103-109(98,99)105-81-86(79-101-88(93)73-67-61-55-51-50-53-59-65-71-83(6)10-4)107-89(94)74-68-62-56-48-44-39-24-22-20-18-16-14-12-8-2/h82-86,91H,7-81H2,1-6H3,(H,96,97)(H,98,99)/t82?,83?,84-,85-,86-/m1/s1. The Balaban J connectivity index is 5.23. The Hall–Kier alpha value is -1.94. The Labute approximate surface area is 670 Å². The normalized spacial score (nSPS) is 14.2. The first-order valence-electron chi connectivity index (χ1n) is 46.6. The average Bonchev–Trinajstić information content (AvgIpc) is 0.900. The number of rotatable bonds is 89. The van der Waals surface area contributed by atoms with Crippen molar-refractivity contribution in [3.63, 3.8) is 0 Å². The largest absolute Gasteiger partial charge is 0.472 e. The van der Waals surface area contributed by atoms with Crippen LogP contribution in [0.1, 0.15) is 485 Å². The van der Waals surface area contributed by atoms with Crippen molar-refractivity contribution >= 4 is 39.5 Å². The van der Waals surface area contributed by atoms with Gasteiger partial charge in [-0.15, -0.1) is 0 Å². The first kappa shape index (κ1) is 107. The zero-order chi connectivity index (χ0) is 79.9. The predicted octanol–water partition coefficient (Wildman–Crippen LogP) is 27.8. The summed E-state index contributed by atoms with van der Waals surface area (Å²) in [6.07, 6.45) is 75.0. The Morgan fingerprint density at radius 3 is 0.651 bits per heavy atom. The summed E-state index contributed by atoms with van der Waals surface area (Å²) in [5, 5.41) is 10.7. The fourth-order valence-electron chi connectivity index (χ4n) is 14.1. The molecular formula is C90H176O17P2. The van der Waals surface area contributed by atoms with Gasteiger partial charge < -0.3 is 33.8 Å². The maximum Gasteiger partial charge on any atom is 0.472 e. The second-order valence-electron chi connectivity index (χ2n) is 32.8. The maximum absolute atomic E-state index is 13.2. The summed E-state index contributed by atoms with van der Waals surface area (Å²) < 4.78 is 69.0. The average molecular weight is 1590 g/mol. The lowest BCUT2D eigenvalue weighted by molar-refractivity contribution is -0.161. The summed E-state index contributed by atoms with van der Waals surface area (Å²) in [6, 6.07) is 0. The van der Waals surface area contributed by atoms with Gasteiger partial charge in [0.15, 0.2) is 12.2 Å². The van der Waals surface area contributed by atoms with Gasteiger partial charge in [0.05, 0.1) is 26.4 Å². The second-order valence-corrected chi connectivity index (χ2v) is 35.7. The van der Waals surface area contributed by atoms with E-state index in [-0.39, 0.29) is 25.7 Å². The van der Waals surface area contributed by atoms with E-state index in [4.69, 9.17) is 37.0 Å².